The van der Waals surface area contributed by atoms with E-state index in [0.717, 1.165) is 25.7 Å². The summed E-state index contributed by atoms with van der Waals surface area (Å²) in [4.78, 5) is 26.2. The Hall–Kier alpha value is -2.44. The SMILES string of the molecule is COc1cc(NC(=O)C(=O)N2CCCCCC2)cc(OC)c1OC. The fourth-order valence-corrected chi connectivity index (χ4v) is 2.76. The highest BCUT2D eigenvalue weighted by molar-refractivity contribution is 6.39. The molecule has 0 radical (unpaired) electrons. The van der Waals surface area contributed by atoms with E-state index in [2.05, 4.69) is 5.32 Å². The topological polar surface area (TPSA) is 77.1 Å². The number of nitrogens with zero attached hydrogens (tertiary/aromatic N) is 1. The van der Waals surface area contributed by atoms with Crippen LogP contribution in [-0.2, 0) is 9.59 Å². The Kier molecular flexibility index (Phi) is 6.28. The molecule has 1 N–H and O–H groups in total. The standard InChI is InChI=1S/C17H24N2O5/c1-22-13-10-12(11-14(23-2)15(13)24-3)18-16(20)17(21)19-8-6-4-5-7-9-19/h10-11H,4-9H2,1-3H3,(H,18,20). The average molecular weight is 336 g/mol. The van der Waals surface area contributed by atoms with Gasteiger partial charge in [-0.25, -0.2) is 0 Å². The highest BCUT2D eigenvalue weighted by atomic mass is 16.5. The van der Waals surface area contributed by atoms with Gasteiger partial charge in [-0.15, -0.1) is 0 Å². The van der Waals surface area contributed by atoms with Gasteiger partial charge in [0.05, 0.1) is 21.3 Å². The monoisotopic (exact) mass is 336 g/mol. The van der Waals surface area contributed by atoms with Gasteiger partial charge in [-0.3, -0.25) is 9.59 Å². The Labute approximate surface area is 141 Å². The molecule has 1 heterocycles. The van der Waals surface area contributed by atoms with Crippen molar-refractivity contribution in [1.29, 1.82) is 0 Å². The third-order valence-corrected chi connectivity index (χ3v) is 4.01. The first-order valence-electron chi connectivity index (χ1n) is 8.01. The van der Waals surface area contributed by atoms with Crippen LogP contribution in [0.2, 0.25) is 0 Å². The molecule has 1 aromatic carbocycles. The van der Waals surface area contributed by atoms with E-state index in [-0.39, 0.29) is 0 Å². The van der Waals surface area contributed by atoms with E-state index in [1.54, 1.807) is 17.0 Å². The molecule has 1 aliphatic rings. The molecule has 132 valence electrons. The summed E-state index contributed by atoms with van der Waals surface area (Å²) in [6, 6.07) is 3.18. The zero-order chi connectivity index (χ0) is 17.5. The highest BCUT2D eigenvalue weighted by Crippen LogP contribution is 2.39. The van der Waals surface area contributed by atoms with Gasteiger partial charge in [0.25, 0.3) is 0 Å². The Bertz CT molecular complexity index is 570. The lowest BCUT2D eigenvalue weighted by molar-refractivity contribution is -0.143. The zero-order valence-electron chi connectivity index (χ0n) is 14.4. The Morgan fingerprint density at radius 1 is 0.917 bits per heavy atom. The van der Waals surface area contributed by atoms with Crippen LogP contribution in [0.15, 0.2) is 12.1 Å². The third-order valence-electron chi connectivity index (χ3n) is 4.01. The quantitative estimate of drug-likeness (QED) is 0.852. The van der Waals surface area contributed by atoms with E-state index < -0.39 is 11.8 Å². The van der Waals surface area contributed by atoms with Gasteiger partial charge in [-0.2, -0.15) is 0 Å². The largest absolute Gasteiger partial charge is 0.493 e. The summed E-state index contributed by atoms with van der Waals surface area (Å²) in [7, 11) is 4.48. The van der Waals surface area contributed by atoms with E-state index in [1.165, 1.54) is 21.3 Å². The number of carbonyl (C=O) groups is 2. The minimum atomic E-state index is -0.661. The van der Waals surface area contributed by atoms with Gasteiger partial charge in [0, 0.05) is 30.9 Å². The van der Waals surface area contributed by atoms with E-state index in [1.807, 2.05) is 0 Å². The lowest BCUT2D eigenvalue weighted by Gasteiger charge is -2.20. The molecule has 7 heteroatoms. The lowest BCUT2D eigenvalue weighted by Crippen LogP contribution is -2.40. The lowest BCUT2D eigenvalue weighted by atomic mass is 10.2. The predicted octanol–water partition coefficient (Wildman–Crippen LogP) is 2.05. The van der Waals surface area contributed by atoms with E-state index >= 15 is 0 Å². The molecule has 2 amide bonds. The maximum absolute atomic E-state index is 12.3. The van der Waals surface area contributed by atoms with Crippen LogP contribution in [0.3, 0.4) is 0 Å². The molecule has 0 bridgehead atoms. The van der Waals surface area contributed by atoms with Crippen LogP contribution in [0.4, 0.5) is 5.69 Å². The second-order valence-electron chi connectivity index (χ2n) is 5.57. The number of anilines is 1. The summed E-state index contributed by atoms with van der Waals surface area (Å²) in [6.07, 6.45) is 4.06. The van der Waals surface area contributed by atoms with Gasteiger partial charge in [0.15, 0.2) is 11.5 Å². The van der Waals surface area contributed by atoms with Crippen LogP contribution in [0.25, 0.3) is 0 Å². The van der Waals surface area contributed by atoms with Crippen LogP contribution < -0.4 is 19.5 Å². The molecular weight excluding hydrogens is 312 g/mol. The first kappa shape index (κ1) is 17.9. The summed E-state index contributed by atoms with van der Waals surface area (Å²) >= 11 is 0. The number of amides is 2. The summed E-state index contributed by atoms with van der Waals surface area (Å²) in [5.41, 5.74) is 0.415. The van der Waals surface area contributed by atoms with Crippen LogP contribution >= 0.6 is 0 Å². The van der Waals surface area contributed by atoms with Crippen molar-refractivity contribution in [1.82, 2.24) is 4.90 Å². The molecule has 0 aromatic heterocycles. The number of likely N-dealkylation sites (tertiary alicyclic amines) is 1. The van der Waals surface area contributed by atoms with Crippen LogP contribution in [0.5, 0.6) is 17.2 Å². The third kappa shape index (κ3) is 4.10. The van der Waals surface area contributed by atoms with Crippen LogP contribution in [0.1, 0.15) is 25.7 Å². The van der Waals surface area contributed by atoms with Gasteiger partial charge < -0.3 is 24.4 Å². The van der Waals surface area contributed by atoms with Gasteiger partial charge in [0.1, 0.15) is 0 Å². The predicted molar refractivity (Wildman–Crippen MR) is 89.8 cm³/mol. The molecule has 0 spiro atoms. The van der Waals surface area contributed by atoms with Gasteiger partial charge in [0.2, 0.25) is 5.75 Å². The van der Waals surface area contributed by atoms with E-state index in [4.69, 9.17) is 14.2 Å². The summed E-state index contributed by atoms with van der Waals surface area (Å²) in [6.45, 7) is 1.25. The minimum absolute atomic E-state index is 0.411. The molecule has 1 aromatic rings. The smallest absolute Gasteiger partial charge is 0.313 e. The fraction of sp³-hybridized carbons (Fsp3) is 0.529. The molecule has 1 fully saturated rings. The second-order valence-corrected chi connectivity index (χ2v) is 5.57. The van der Waals surface area contributed by atoms with Gasteiger partial charge in [-0.05, 0) is 12.8 Å². The number of hydrogen-bond donors (Lipinski definition) is 1. The summed E-state index contributed by atoms with van der Waals surface area (Å²) in [5, 5.41) is 2.61. The van der Waals surface area contributed by atoms with Crippen LogP contribution in [0, 0.1) is 0 Å². The number of benzene rings is 1. The average Bonchev–Trinajstić information content (AvgIpc) is 2.89. The summed E-state index contributed by atoms with van der Waals surface area (Å²) in [5.74, 6) is 0.0809. The van der Waals surface area contributed by atoms with Gasteiger partial charge >= 0.3 is 11.8 Å². The zero-order valence-corrected chi connectivity index (χ0v) is 14.4. The van der Waals surface area contributed by atoms with E-state index in [0.29, 0.717) is 36.0 Å². The molecule has 0 atom stereocenters. The Balaban J connectivity index is 2.14. The maximum atomic E-state index is 12.3. The van der Waals surface area contributed by atoms with Crippen molar-refractivity contribution in [3.05, 3.63) is 12.1 Å². The molecule has 1 aliphatic heterocycles. The molecule has 0 aliphatic carbocycles. The summed E-state index contributed by atoms with van der Waals surface area (Å²) < 4.78 is 15.7. The Morgan fingerprint density at radius 2 is 1.46 bits per heavy atom. The number of nitrogens with one attached hydrogen (secondary N) is 1. The van der Waals surface area contributed by atoms with Gasteiger partial charge in [-0.1, -0.05) is 12.8 Å². The first-order valence-corrected chi connectivity index (χ1v) is 8.01. The number of hydrogen-bond acceptors (Lipinski definition) is 5. The molecule has 7 nitrogen and oxygen atoms in total. The van der Waals surface area contributed by atoms with Crippen molar-refractivity contribution in [2.45, 2.75) is 25.7 Å². The minimum Gasteiger partial charge on any atom is -0.493 e. The first-order chi connectivity index (χ1) is 11.6. The number of rotatable bonds is 4. The second kappa shape index (κ2) is 8.42. The van der Waals surface area contributed by atoms with Crippen molar-refractivity contribution < 1.29 is 23.8 Å². The normalized spacial score (nSPS) is 14.5. The van der Waals surface area contributed by atoms with Crippen molar-refractivity contribution in [2.24, 2.45) is 0 Å². The van der Waals surface area contributed by atoms with Crippen molar-refractivity contribution in [3.8, 4) is 17.2 Å². The van der Waals surface area contributed by atoms with Crippen molar-refractivity contribution >= 4 is 17.5 Å². The molecular formula is C17H24N2O5. The molecule has 24 heavy (non-hydrogen) atoms. The molecule has 1 saturated heterocycles. The van der Waals surface area contributed by atoms with Crippen LogP contribution in [-0.4, -0.2) is 51.1 Å². The van der Waals surface area contributed by atoms with E-state index in [9.17, 15) is 9.59 Å². The fourth-order valence-electron chi connectivity index (χ4n) is 2.76. The molecule has 0 unspecified atom stereocenters. The maximum Gasteiger partial charge on any atom is 0.313 e. The number of methoxy groups -OCH3 is 3. The number of carbonyl (C=O) groups excluding carboxylic acids is 2. The Morgan fingerprint density at radius 3 is 1.92 bits per heavy atom. The highest BCUT2D eigenvalue weighted by Gasteiger charge is 2.23. The van der Waals surface area contributed by atoms with Crippen molar-refractivity contribution in [3.63, 3.8) is 0 Å². The molecule has 0 saturated carbocycles. The number of ether oxygens (including phenoxy) is 3. The van der Waals surface area contributed by atoms with Crippen molar-refractivity contribution in [2.75, 3.05) is 39.7 Å². The molecule has 2 rings (SSSR count).